The summed E-state index contributed by atoms with van der Waals surface area (Å²) >= 11 is 1.66. The molecule has 5 nitrogen and oxygen atoms in total. The van der Waals surface area contributed by atoms with Crippen molar-refractivity contribution in [3.8, 4) is 0 Å². The van der Waals surface area contributed by atoms with Crippen LogP contribution in [0.3, 0.4) is 0 Å². The molecule has 0 saturated carbocycles. The Morgan fingerprint density at radius 3 is 2.74 bits per heavy atom. The minimum atomic E-state index is -0.376. The number of aryl methyl sites for hydroxylation is 1. The summed E-state index contributed by atoms with van der Waals surface area (Å²) in [7, 11) is 0. The number of hydrogen-bond acceptors (Lipinski definition) is 4. The van der Waals surface area contributed by atoms with Gasteiger partial charge >= 0.3 is 12.0 Å². The number of esters is 1. The van der Waals surface area contributed by atoms with Crippen molar-refractivity contribution in [1.82, 2.24) is 10.6 Å². The van der Waals surface area contributed by atoms with Gasteiger partial charge in [-0.1, -0.05) is 24.3 Å². The van der Waals surface area contributed by atoms with Gasteiger partial charge in [0.15, 0.2) is 0 Å². The molecule has 1 heterocycles. The molecule has 0 saturated heterocycles. The Bertz CT molecular complexity index is 628. The van der Waals surface area contributed by atoms with Crippen LogP contribution in [0.15, 0.2) is 35.5 Å². The minimum absolute atomic E-state index is 0.281. The van der Waals surface area contributed by atoms with Crippen LogP contribution in [-0.4, -0.2) is 30.4 Å². The van der Waals surface area contributed by atoms with Crippen molar-refractivity contribution in [2.75, 3.05) is 12.4 Å². The molecule has 2 rings (SSSR count). The highest BCUT2D eigenvalue weighted by molar-refractivity contribution is 7.98. The number of urea groups is 1. The first kappa shape index (κ1) is 17.4. The van der Waals surface area contributed by atoms with E-state index in [9.17, 15) is 9.59 Å². The van der Waals surface area contributed by atoms with Crippen LogP contribution in [0.5, 0.6) is 0 Å². The van der Waals surface area contributed by atoms with E-state index in [0.29, 0.717) is 23.6 Å². The van der Waals surface area contributed by atoms with Crippen LogP contribution in [0, 0.1) is 6.92 Å². The van der Waals surface area contributed by atoms with Gasteiger partial charge in [-0.05, 0) is 31.9 Å². The lowest BCUT2D eigenvalue weighted by Gasteiger charge is -2.26. The maximum atomic E-state index is 12.1. The highest BCUT2D eigenvalue weighted by Gasteiger charge is 2.29. The fourth-order valence-electron chi connectivity index (χ4n) is 2.43. The predicted octanol–water partition coefficient (Wildman–Crippen LogP) is 2.75. The normalized spacial score (nSPS) is 17.5. The Balaban J connectivity index is 2.09. The maximum Gasteiger partial charge on any atom is 0.337 e. The standard InChI is InChI=1S/C17H22N2O3S/c1-4-22-16(20)15-12(3)18-17(21)19-14(15)10-23-9-13-8-6-5-7-11(13)2/h5-8,12H,4,9-10H2,1-3H3,(H2,18,19,21)/t12-/m0/s1. The number of thioether (sulfide) groups is 1. The molecular formula is C17H22N2O3S. The van der Waals surface area contributed by atoms with Crippen molar-refractivity contribution in [3.63, 3.8) is 0 Å². The molecule has 1 aliphatic heterocycles. The topological polar surface area (TPSA) is 67.4 Å². The molecule has 1 aliphatic rings. The van der Waals surface area contributed by atoms with Crippen LogP contribution in [0.1, 0.15) is 25.0 Å². The molecule has 0 fully saturated rings. The van der Waals surface area contributed by atoms with E-state index in [2.05, 4.69) is 29.7 Å². The average molecular weight is 334 g/mol. The molecule has 1 aromatic carbocycles. The minimum Gasteiger partial charge on any atom is -0.463 e. The molecule has 0 spiro atoms. The lowest BCUT2D eigenvalue weighted by molar-refractivity contribution is -0.138. The molecule has 2 N–H and O–H groups in total. The van der Waals surface area contributed by atoms with Gasteiger partial charge in [-0.25, -0.2) is 9.59 Å². The van der Waals surface area contributed by atoms with E-state index in [4.69, 9.17) is 4.74 Å². The first-order valence-electron chi connectivity index (χ1n) is 7.62. The molecule has 0 bridgehead atoms. The van der Waals surface area contributed by atoms with Crippen molar-refractivity contribution in [2.24, 2.45) is 0 Å². The van der Waals surface area contributed by atoms with Gasteiger partial charge in [0, 0.05) is 17.2 Å². The smallest absolute Gasteiger partial charge is 0.337 e. The van der Waals surface area contributed by atoms with Gasteiger partial charge < -0.3 is 15.4 Å². The number of rotatable bonds is 6. The molecule has 6 heteroatoms. The summed E-state index contributed by atoms with van der Waals surface area (Å²) in [5.74, 6) is 1.00. The molecule has 1 aromatic rings. The largest absolute Gasteiger partial charge is 0.463 e. The van der Waals surface area contributed by atoms with Crippen LogP contribution >= 0.6 is 11.8 Å². The van der Waals surface area contributed by atoms with Crippen LogP contribution in [-0.2, 0) is 15.3 Å². The fourth-order valence-corrected chi connectivity index (χ4v) is 3.51. The highest BCUT2D eigenvalue weighted by atomic mass is 32.2. The average Bonchev–Trinajstić information content (AvgIpc) is 2.48. The molecule has 0 aromatic heterocycles. The third kappa shape index (κ3) is 4.51. The number of ether oxygens (including phenoxy) is 1. The monoisotopic (exact) mass is 334 g/mol. The summed E-state index contributed by atoms with van der Waals surface area (Å²) in [6, 6.07) is 7.56. The van der Waals surface area contributed by atoms with Gasteiger partial charge in [0.05, 0.1) is 18.2 Å². The van der Waals surface area contributed by atoms with E-state index in [-0.39, 0.29) is 18.0 Å². The SMILES string of the molecule is CCOC(=O)C1=C(CSCc2ccccc2C)NC(=O)N[C@H]1C. The van der Waals surface area contributed by atoms with Gasteiger partial charge in [0.25, 0.3) is 0 Å². The molecule has 23 heavy (non-hydrogen) atoms. The van der Waals surface area contributed by atoms with Crippen molar-refractivity contribution < 1.29 is 14.3 Å². The third-order valence-corrected chi connectivity index (χ3v) is 4.64. The zero-order chi connectivity index (χ0) is 16.8. The number of hydrogen-bond donors (Lipinski definition) is 2. The van der Waals surface area contributed by atoms with Gasteiger partial charge in [-0.3, -0.25) is 0 Å². The number of carbonyl (C=O) groups excluding carboxylic acids is 2. The van der Waals surface area contributed by atoms with Gasteiger partial charge in [0.1, 0.15) is 0 Å². The quantitative estimate of drug-likeness (QED) is 0.785. The van der Waals surface area contributed by atoms with Crippen LogP contribution < -0.4 is 10.6 Å². The van der Waals surface area contributed by atoms with E-state index >= 15 is 0 Å². The number of carbonyl (C=O) groups is 2. The Morgan fingerprint density at radius 1 is 1.30 bits per heavy atom. The summed E-state index contributed by atoms with van der Waals surface area (Å²) < 4.78 is 5.10. The maximum absolute atomic E-state index is 12.1. The lowest BCUT2D eigenvalue weighted by atomic mass is 10.1. The second-order valence-corrected chi connectivity index (χ2v) is 6.34. The lowest BCUT2D eigenvalue weighted by Crippen LogP contribution is -2.49. The molecule has 2 amide bonds. The molecule has 124 valence electrons. The zero-order valence-corrected chi connectivity index (χ0v) is 14.5. The summed E-state index contributed by atoms with van der Waals surface area (Å²) in [4.78, 5) is 23.8. The van der Waals surface area contributed by atoms with Crippen molar-refractivity contribution in [2.45, 2.75) is 32.6 Å². The third-order valence-electron chi connectivity index (χ3n) is 3.63. The molecule has 0 unspecified atom stereocenters. The van der Waals surface area contributed by atoms with E-state index < -0.39 is 0 Å². The first-order valence-corrected chi connectivity index (χ1v) is 8.78. The summed E-state index contributed by atoms with van der Waals surface area (Å²) in [6.07, 6.45) is 0. The van der Waals surface area contributed by atoms with E-state index in [1.54, 1.807) is 25.6 Å². The van der Waals surface area contributed by atoms with E-state index in [0.717, 1.165) is 5.75 Å². The van der Waals surface area contributed by atoms with Gasteiger partial charge in [0.2, 0.25) is 0 Å². The van der Waals surface area contributed by atoms with Crippen LogP contribution in [0.25, 0.3) is 0 Å². The van der Waals surface area contributed by atoms with Crippen LogP contribution in [0.4, 0.5) is 4.79 Å². The molecular weight excluding hydrogens is 312 g/mol. The second kappa shape index (κ2) is 8.06. The summed E-state index contributed by atoms with van der Waals surface area (Å²) in [5.41, 5.74) is 3.63. The molecule has 0 radical (unpaired) electrons. The van der Waals surface area contributed by atoms with Gasteiger partial charge in [-0.15, -0.1) is 0 Å². The number of benzene rings is 1. The Labute approximate surface area is 140 Å². The van der Waals surface area contributed by atoms with Crippen molar-refractivity contribution in [3.05, 3.63) is 46.7 Å². The second-order valence-electron chi connectivity index (χ2n) is 5.35. The fraction of sp³-hybridized carbons (Fsp3) is 0.412. The Morgan fingerprint density at radius 2 is 2.04 bits per heavy atom. The Hall–Kier alpha value is -1.95. The van der Waals surface area contributed by atoms with E-state index in [1.807, 2.05) is 12.1 Å². The summed E-state index contributed by atoms with van der Waals surface area (Å²) in [6.45, 7) is 5.95. The predicted molar refractivity (Wildman–Crippen MR) is 92.1 cm³/mol. The van der Waals surface area contributed by atoms with Crippen molar-refractivity contribution in [1.29, 1.82) is 0 Å². The first-order chi connectivity index (χ1) is 11.0. The molecule has 1 atom stereocenters. The van der Waals surface area contributed by atoms with Crippen LogP contribution in [0.2, 0.25) is 0 Å². The highest BCUT2D eigenvalue weighted by Crippen LogP contribution is 2.22. The van der Waals surface area contributed by atoms with E-state index in [1.165, 1.54) is 11.1 Å². The number of amides is 2. The zero-order valence-electron chi connectivity index (χ0n) is 13.6. The Kier molecular flexibility index (Phi) is 6.10. The summed E-state index contributed by atoms with van der Waals surface area (Å²) in [5, 5.41) is 5.44. The van der Waals surface area contributed by atoms with Gasteiger partial charge in [-0.2, -0.15) is 11.8 Å². The van der Waals surface area contributed by atoms with Crippen molar-refractivity contribution >= 4 is 23.8 Å². The number of nitrogens with one attached hydrogen (secondary N) is 2. The molecule has 0 aliphatic carbocycles.